The molecular weight excluding hydrogens is 416 g/mol. The molecule has 2 aromatic carbocycles. The van der Waals surface area contributed by atoms with Crippen LogP contribution in [0.5, 0.6) is 0 Å². The summed E-state index contributed by atoms with van der Waals surface area (Å²) in [7, 11) is 0. The molecule has 0 aliphatic heterocycles. The molecule has 5 aromatic rings. The fourth-order valence-electron chi connectivity index (χ4n) is 4.09. The van der Waals surface area contributed by atoms with Gasteiger partial charge in [0.25, 0.3) is 0 Å². The van der Waals surface area contributed by atoms with Crippen molar-refractivity contribution in [3.63, 3.8) is 0 Å². The lowest BCUT2D eigenvalue weighted by molar-refractivity contribution is 0.389. The first kappa shape index (κ1) is 20.7. The van der Waals surface area contributed by atoms with Crippen molar-refractivity contribution in [2.45, 2.75) is 26.9 Å². The van der Waals surface area contributed by atoms with E-state index >= 15 is 0 Å². The molecule has 0 unspecified atom stereocenters. The van der Waals surface area contributed by atoms with Crippen LogP contribution in [0.4, 0.5) is 11.6 Å². The Morgan fingerprint density at radius 3 is 2.55 bits per heavy atom. The highest BCUT2D eigenvalue weighted by Gasteiger charge is 2.19. The molecule has 5 rings (SSSR count). The number of aryl methyl sites for hydroxylation is 2. The zero-order valence-electron chi connectivity index (χ0n) is 18.4. The van der Waals surface area contributed by atoms with Gasteiger partial charge in [-0.25, -0.2) is 4.98 Å². The molecule has 0 radical (unpaired) electrons. The molecular formula is C25H24N6O2. The first-order chi connectivity index (χ1) is 16.1. The van der Waals surface area contributed by atoms with E-state index in [-0.39, 0.29) is 0 Å². The lowest BCUT2D eigenvalue weighted by atomic mass is 10.0. The van der Waals surface area contributed by atoms with Crippen molar-refractivity contribution in [1.82, 2.24) is 19.7 Å². The molecule has 0 spiro atoms. The van der Waals surface area contributed by atoms with Gasteiger partial charge in [-0.3, -0.25) is 15.7 Å². The van der Waals surface area contributed by atoms with Gasteiger partial charge >= 0.3 is 0 Å². The minimum absolute atomic E-state index is 0.513. The van der Waals surface area contributed by atoms with Crippen molar-refractivity contribution < 1.29 is 9.73 Å². The fourth-order valence-corrected chi connectivity index (χ4v) is 4.09. The predicted molar refractivity (Wildman–Crippen MR) is 127 cm³/mol. The van der Waals surface area contributed by atoms with Crippen LogP contribution in [-0.4, -0.2) is 24.9 Å². The van der Waals surface area contributed by atoms with Crippen LogP contribution in [0.2, 0.25) is 0 Å². The van der Waals surface area contributed by atoms with E-state index in [1.165, 1.54) is 0 Å². The fraction of sp³-hybridized carbons (Fsp3) is 0.160. The van der Waals surface area contributed by atoms with Gasteiger partial charge in [-0.2, -0.15) is 0 Å². The summed E-state index contributed by atoms with van der Waals surface area (Å²) in [5, 5.41) is 17.5. The van der Waals surface area contributed by atoms with Gasteiger partial charge in [0.2, 0.25) is 5.95 Å². The first-order valence-electron chi connectivity index (χ1n) is 10.7. The van der Waals surface area contributed by atoms with Crippen LogP contribution in [0.15, 0.2) is 71.5 Å². The summed E-state index contributed by atoms with van der Waals surface area (Å²) in [4.78, 5) is 9.02. The summed E-state index contributed by atoms with van der Waals surface area (Å²) >= 11 is 0. The summed E-state index contributed by atoms with van der Waals surface area (Å²) in [6.45, 7) is 4.98. The third-order valence-electron chi connectivity index (χ3n) is 5.65. The summed E-state index contributed by atoms with van der Waals surface area (Å²) < 4.78 is 7.49. The Bertz CT molecular complexity index is 1370. The molecule has 0 saturated carbocycles. The van der Waals surface area contributed by atoms with Crippen LogP contribution < -0.4 is 10.8 Å². The van der Waals surface area contributed by atoms with Gasteiger partial charge in [-0.15, -0.1) is 0 Å². The zero-order valence-corrected chi connectivity index (χ0v) is 18.4. The van der Waals surface area contributed by atoms with E-state index in [0.717, 1.165) is 39.2 Å². The molecule has 0 amide bonds. The molecule has 0 saturated heterocycles. The standard InChI is InChI=1S/C25H24N6O2/c1-16-23(17(2)33-30-16)20-11-21(29-32)24-22(12-20)31(15-18-7-4-3-5-8-18)25(28-24)27-14-19-9-6-10-26-13-19/h3-13,29,32H,14-15H2,1-2H3,(H,27,28). The number of pyridine rings is 1. The summed E-state index contributed by atoms with van der Waals surface area (Å²) in [6, 6.07) is 18.1. The zero-order chi connectivity index (χ0) is 22.8. The van der Waals surface area contributed by atoms with Crippen molar-refractivity contribution in [3.8, 4) is 11.1 Å². The van der Waals surface area contributed by atoms with Gasteiger partial charge in [0.05, 0.1) is 23.4 Å². The van der Waals surface area contributed by atoms with Gasteiger partial charge in [0, 0.05) is 24.5 Å². The number of imidazole rings is 1. The maximum absolute atomic E-state index is 9.93. The van der Waals surface area contributed by atoms with Crippen molar-refractivity contribution in [2.24, 2.45) is 0 Å². The molecule has 0 aliphatic rings. The van der Waals surface area contributed by atoms with E-state index in [4.69, 9.17) is 9.51 Å². The summed E-state index contributed by atoms with van der Waals surface area (Å²) in [5.74, 6) is 1.42. The van der Waals surface area contributed by atoms with E-state index in [1.54, 1.807) is 6.20 Å². The molecule has 0 bridgehead atoms. The molecule has 3 aromatic heterocycles. The van der Waals surface area contributed by atoms with E-state index < -0.39 is 0 Å². The van der Waals surface area contributed by atoms with Gasteiger partial charge in [0.15, 0.2) is 0 Å². The number of rotatable bonds is 7. The highest BCUT2D eigenvalue weighted by atomic mass is 16.5. The van der Waals surface area contributed by atoms with Gasteiger partial charge < -0.3 is 14.4 Å². The lowest BCUT2D eigenvalue weighted by Gasteiger charge is -2.12. The van der Waals surface area contributed by atoms with E-state index in [2.05, 4.69) is 43.7 Å². The number of anilines is 2. The molecule has 0 atom stereocenters. The number of benzene rings is 2. The quantitative estimate of drug-likeness (QED) is 0.300. The summed E-state index contributed by atoms with van der Waals surface area (Å²) in [5.41, 5.74) is 9.16. The van der Waals surface area contributed by atoms with E-state index in [1.807, 2.05) is 56.4 Å². The number of nitrogens with zero attached hydrogens (tertiary/aromatic N) is 4. The second-order valence-corrected chi connectivity index (χ2v) is 7.92. The van der Waals surface area contributed by atoms with Crippen LogP contribution in [0.1, 0.15) is 22.6 Å². The normalized spacial score (nSPS) is 11.1. The van der Waals surface area contributed by atoms with Crippen LogP contribution in [-0.2, 0) is 13.1 Å². The molecule has 8 nitrogen and oxygen atoms in total. The Balaban J connectivity index is 1.65. The van der Waals surface area contributed by atoms with E-state index in [0.29, 0.717) is 30.2 Å². The maximum atomic E-state index is 9.93. The Labute approximate surface area is 190 Å². The molecule has 33 heavy (non-hydrogen) atoms. The van der Waals surface area contributed by atoms with Gasteiger partial charge in [0.1, 0.15) is 11.3 Å². The van der Waals surface area contributed by atoms with Gasteiger partial charge in [-0.05, 0) is 48.7 Å². The minimum atomic E-state index is 0.513. The topological polar surface area (TPSA) is 101 Å². The van der Waals surface area contributed by atoms with Crippen LogP contribution >= 0.6 is 0 Å². The predicted octanol–water partition coefficient (Wildman–Crippen LogP) is 5.16. The minimum Gasteiger partial charge on any atom is -0.361 e. The highest BCUT2D eigenvalue weighted by Crippen LogP contribution is 2.35. The van der Waals surface area contributed by atoms with Crippen molar-refractivity contribution in [3.05, 3.63) is 89.6 Å². The van der Waals surface area contributed by atoms with Crippen LogP contribution in [0.3, 0.4) is 0 Å². The number of hydrogen-bond acceptors (Lipinski definition) is 7. The SMILES string of the molecule is Cc1noc(C)c1-c1cc(NO)c2nc(NCc3cccnc3)n(Cc3ccccc3)c2c1. The number of hydrogen-bond donors (Lipinski definition) is 3. The molecule has 0 aliphatic carbocycles. The highest BCUT2D eigenvalue weighted by molar-refractivity contribution is 5.95. The largest absolute Gasteiger partial charge is 0.361 e. The second-order valence-electron chi connectivity index (χ2n) is 7.92. The molecule has 3 N–H and O–H groups in total. The van der Waals surface area contributed by atoms with Crippen LogP contribution in [0.25, 0.3) is 22.2 Å². The second kappa shape index (κ2) is 8.76. The Morgan fingerprint density at radius 2 is 1.85 bits per heavy atom. The number of fused-ring (bicyclic) bond motifs is 1. The third-order valence-corrected chi connectivity index (χ3v) is 5.65. The summed E-state index contributed by atoms with van der Waals surface area (Å²) in [6.07, 6.45) is 3.58. The average Bonchev–Trinajstić information content (AvgIpc) is 3.37. The lowest BCUT2D eigenvalue weighted by Crippen LogP contribution is -2.08. The Morgan fingerprint density at radius 1 is 1.03 bits per heavy atom. The average molecular weight is 441 g/mol. The molecule has 0 fully saturated rings. The van der Waals surface area contributed by atoms with Crippen molar-refractivity contribution in [1.29, 1.82) is 0 Å². The smallest absolute Gasteiger partial charge is 0.204 e. The Kier molecular flexibility index (Phi) is 5.50. The monoisotopic (exact) mass is 440 g/mol. The molecule has 3 heterocycles. The maximum Gasteiger partial charge on any atom is 0.204 e. The van der Waals surface area contributed by atoms with Crippen LogP contribution in [0, 0.1) is 13.8 Å². The van der Waals surface area contributed by atoms with E-state index in [9.17, 15) is 5.21 Å². The first-order valence-corrected chi connectivity index (χ1v) is 10.7. The Hall–Kier alpha value is -4.17. The van der Waals surface area contributed by atoms with Crippen molar-refractivity contribution in [2.75, 3.05) is 10.8 Å². The third kappa shape index (κ3) is 4.04. The number of nitrogens with one attached hydrogen (secondary N) is 2. The number of aromatic nitrogens is 4. The molecule has 8 heteroatoms. The van der Waals surface area contributed by atoms with Crippen molar-refractivity contribution >= 4 is 22.7 Å². The van der Waals surface area contributed by atoms with Gasteiger partial charge in [-0.1, -0.05) is 41.6 Å². The molecule has 166 valence electrons.